The van der Waals surface area contributed by atoms with Gasteiger partial charge in [-0.1, -0.05) is 78.3 Å². The third-order valence-corrected chi connectivity index (χ3v) is 18.5. The second-order valence-corrected chi connectivity index (χ2v) is 25.7. The molecule has 4 aliphatic rings. The van der Waals surface area contributed by atoms with Crippen LogP contribution in [0.1, 0.15) is 97.6 Å². The molecule has 502 valence electrons. The fourth-order valence-electron chi connectivity index (χ4n) is 11.6. The molecule has 0 saturated carbocycles. The number of rotatable bonds is 19. The third-order valence-electron chi connectivity index (χ3n) is 17.3. The highest BCUT2D eigenvalue weighted by atomic mass is 32.2. The maximum Gasteiger partial charge on any atom is 0.253 e. The lowest BCUT2D eigenvalue weighted by atomic mass is 9.85. The van der Waals surface area contributed by atoms with Crippen molar-refractivity contribution in [3.8, 4) is 0 Å². The maximum absolute atomic E-state index is 15.1. The van der Waals surface area contributed by atoms with E-state index in [9.17, 15) is 72.9 Å². The highest BCUT2D eigenvalue weighted by molar-refractivity contribution is 7.99. The molecular weight excluding hydrogens is 1230 g/mol. The van der Waals surface area contributed by atoms with Gasteiger partial charge in [0.15, 0.2) is 17.3 Å². The van der Waals surface area contributed by atoms with E-state index in [1.165, 1.54) is 13.8 Å². The first-order valence-electron chi connectivity index (χ1n) is 31.2. The molecule has 28 nitrogen and oxygen atoms in total. The Morgan fingerprint density at radius 1 is 0.763 bits per heavy atom. The van der Waals surface area contributed by atoms with Crippen molar-refractivity contribution in [3.05, 3.63) is 71.8 Å². The summed E-state index contributed by atoms with van der Waals surface area (Å²) in [6.07, 6.45) is -3.42. The van der Waals surface area contributed by atoms with Crippen molar-refractivity contribution in [3.63, 3.8) is 0 Å². The van der Waals surface area contributed by atoms with Gasteiger partial charge in [0.1, 0.15) is 12.1 Å². The van der Waals surface area contributed by atoms with Crippen LogP contribution < -0.4 is 42.5 Å². The lowest BCUT2D eigenvalue weighted by Gasteiger charge is -2.32. The lowest BCUT2D eigenvalue weighted by molar-refractivity contribution is -0.145. The lowest BCUT2D eigenvalue weighted by Crippen LogP contribution is -2.56. The molecular formula is C64H83N11O17S. The quantitative estimate of drug-likeness (QED) is 0.0664. The average Bonchev–Trinajstić information content (AvgIpc) is 1.69. The van der Waals surface area contributed by atoms with Gasteiger partial charge in [-0.25, -0.2) is 0 Å². The average molecular weight is 1310 g/mol. The number of benzene rings is 2. The number of nitrogens with zero attached hydrogens (tertiary/aromatic N) is 2. The summed E-state index contributed by atoms with van der Waals surface area (Å²) in [7, 11) is 0. The fraction of sp³-hybridized carbons (Fsp3) is 0.531. The number of aliphatic hydroxyl groups is 3. The monoisotopic (exact) mass is 1310 g/mol. The molecule has 29 heteroatoms. The molecule has 93 heavy (non-hydrogen) atoms. The van der Waals surface area contributed by atoms with Gasteiger partial charge in [0.05, 0.1) is 61.0 Å². The van der Waals surface area contributed by atoms with Crippen molar-refractivity contribution < 1.29 is 82.4 Å². The van der Waals surface area contributed by atoms with Crippen LogP contribution in [0, 0.1) is 35.5 Å². The number of fused-ring (bicyclic) bond motifs is 5. The summed E-state index contributed by atoms with van der Waals surface area (Å²) in [5.41, 5.74) is 1.91. The van der Waals surface area contributed by atoms with Crippen LogP contribution in [0.25, 0.3) is 10.9 Å². The molecule has 0 radical (unpaired) electrons. The third kappa shape index (κ3) is 19.0. The number of para-hydroxylation sites is 1. The summed E-state index contributed by atoms with van der Waals surface area (Å²) in [6, 6.07) is 6.49. The van der Waals surface area contributed by atoms with E-state index in [1.807, 2.05) is 0 Å². The number of aromatic nitrogens is 1. The van der Waals surface area contributed by atoms with Crippen LogP contribution in [-0.2, 0) is 80.1 Å². The topological polar surface area (TPSA) is 418 Å². The second-order valence-electron chi connectivity index (χ2n) is 24.6. The molecule has 1 saturated heterocycles. The molecule has 1 aromatic heterocycles. The van der Waals surface area contributed by atoms with Crippen molar-refractivity contribution in [1.29, 1.82) is 0 Å². The number of nitrogens with one attached hydrogen (secondary N) is 9. The van der Waals surface area contributed by atoms with Crippen molar-refractivity contribution in [2.24, 2.45) is 35.5 Å². The fourth-order valence-corrected chi connectivity index (χ4v) is 12.7. The van der Waals surface area contributed by atoms with Gasteiger partial charge in [0, 0.05) is 110 Å². The number of ketones is 3. The number of hydrogen-bond donors (Lipinski definition) is 12. The van der Waals surface area contributed by atoms with Crippen molar-refractivity contribution >= 4 is 111 Å². The Morgan fingerprint density at radius 3 is 2.10 bits per heavy atom. The molecule has 4 aliphatic heterocycles. The second kappa shape index (κ2) is 32.7. The first-order chi connectivity index (χ1) is 44.2. The first kappa shape index (κ1) is 71.8. The van der Waals surface area contributed by atoms with E-state index in [0.717, 1.165) is 33.7 Å². The number of Topliss-reactive ketones (excluding diaryl/α,β-unsaturated/α-hetero) is 3. The molecule has 12 N–H and O–H groups in total. The van der Waals surface area contributed by atoms with E-state index in [-0.39, 0.29) is 50.4 Å². The van der Waals surface area contributed by atoms with Crippen LogP contribution >= 0.6 is 11.8 Å². The van der Waals surface area contributed by atoms with Crippen molar-refractivity contribution in [1.82, 2.24) is 52.0 Å². The van der Waals surface area contributed by atoms with E-state index in [4.69, 9.17) is 0 Å². The number of carbonyl (C=O) groups excluding carboxylic acids is 14. The highest BCUT2D eigenvalue weighted by Crippen LogP contribution is 2.35. The summed E-state index contributed by atoms with van der Waals surface area (Å²) >= 11 is 1.06. The van der Waals surface area contributed by atoms with Crippen molar-refractivity contribution in [2.45, 2.75) is 147 Å². The van der Waals surface area contributed by atoms with Gasteiger partial charge < -0.3 is 67.7 Å². The Labute approximate surface area is 541 Å². The van der Waals surface area contributed by atoms with Crippen molar-refractivity contribution in [2.75, 3.05) is 43.9 Å². The standard InChI is InChI=1S/C64H83N11O17S/c1-7-33(4)57-62(91)67-27-52(84)69-44-31-93-63-42(41-10-8-9-11-43(41)70-63)21-37(60(89)66-28-53(85)72-57)22-48(80)58(35(6)49(81)30-76)73-61(90)45-25-40(77)29-75(45)64(92)38(23-46(44)78)24-51(83)65-26-36-12-14-39(15-13-36)68-59(88)34(5)20-47(79)56(32(2)3)71-50(82)18-19-74-54(86)16-17-55(74)87/h8-17,32-35,37-38,40,44-45,49,56-58,70,76-77,81H,7,18-31H2,1-6H3,(H,65,83)(H,66,89)(H,67,91)(H,68,88)(H,69,84)(H,71,82)(H,72,85)(H,73,90)/t33-,34+,35-,37+,38-,40?,44?,45-,49-,56?,57-,58-/m0/s1. The molecule has 2 bridgehead atoms. The Morgan fingerprint density at radius 2 is 1.43 bits per heavy atom. The smallest absolute Gasteiger partial charge is 0.253 e. The SMILES string of the molecule is CC[C@H](C)[C@@H]1NC(=O)CNC(=O)[C@H]2CC(=O)[C@H]([C@@H](C)[C@@H](O)CO)NC(=O)[C@@H]3CC(O)CN3C(=O)[C@H](CC(=O)NCc3ccc(NC(=O)[C@H](C)CC(=O)C(NC(=O)CCN4C(=O)C=CC4=O)C(C)C)cc3)CC(=O)C(CSc3[nH]c4ccccc4c3C2)NC(=O)CNC1=O. The molecule has 12 atom stereocenters. The Kier molecular flexibility index (Phi) is 25.3. The molecule has 3 unspecified atom stereocenters. The number of hydrogen-bond acceptors (Lipinski definition) is 18. The predicted molar refractivity (Wildman–Crippen MR) is 336 cm³/mol. The Balaban J connectivity index is 1.14. The zero-order chi connectivity index (χ0) is 68.0. The maximum atomic E-state index is 15.1. The Bertz CT molecular complexity index is 3370. The van der Waals surface area contributed by atoms with Gasteiger partial charge in [-0.3, -0.25) is 72.0 Å². The van der Waals surface area contributed by atoms with Crippen LogP contribution in [0.15, 0.2) is 65.7 Å². The van der Waals surface area contributed by atoms with E-state index >= 15 is 9.59 Å². The molecule has 1 fully saturated rings. The van der Waals surface area contributed by atoms with Gasteiger partial charge in [-0.05, 0) is 47.6 Å². The number of aliphatic hydroxyl groups excluding tert-OH is 3. The van der Waals surface area contributed by atoms with Gasteiger partial charge in [-0.2, -0.15) is 0 Å². The minimum atomic E-state index is -1.63. The highest BCUT2D eigenvalue weighted by Gasteiger charge is 2.45. The van der Waals surface area contributed by atoms with Crippen LogP contribution in [-0.4, -0.2) is 193 Å². The van der Waals surface area contributed by atoms with E-state index in [2.05, 4.69) is 47.5 Å². The minimum Gasteiger partial charge on any atom is -0.394 e. The van der Waals surface area contributed by atoms with E-state index in [1.54, 1.807) is 76.2 Å². The summed E-state index contributed by atoms with van der Waals surface area (Å²) in [4.78, 5) is 198. The van der Waals surface area contributed by atoms with Gasteiger partial charge in [0.25, 0.3) is 11.8 Å². The Hall–Kier alpha value is -8.67. The number of anilines is 1. The summed E-state index contributed by atoms with van der Waals surface area (Å²) in [5.74, 6) is -16.0. The largest absolute Gasteiger partial charge is 0.394 e. The number of aromatic amines is 1. The molecule has 5 heterocycles. The molecule has 0 spiro atoms. The summed E-state index contributed by atoms with van der Waals surface area (Å²) in [6.45, 7) is 6.87. The molecule has 3 aromatic rings. The number of thioether (sulfide) groups is 1. The number of amides is 11. The molecule has 11 amide bonds. The van der Waals surface area contributed by atoms with E-state index in [0.29, 0.717) is 39.2 Å². The summed E-state index contributed by atoms with van der Waals surface area (Å²) < 4.78 is 0. The van der Waals surface area contributed by atoms with E-state index < -0.39 is 200 Å². The minimum absolute atomic E-state index is 0.143. The van der Waals surface area contributed by atoms with Gasteiger partial charge >= 0.3 is 0 Å². The predicted octanol–water partition coefficient (Wildman–Crippen LogP) is -0.639. The van der Waals surface area contributed by atoms with Crippen LogP contribution in [0.5, 0.6) is 0 Å². The van der Waals surface area contributed by atoms with Gasteiger partial charge in [-0.15, -0.1) is 11.8 Å². The first-order valence-corrected chi connectivity index (χ1v) is 32.2. The zero-order valence-corrected chi connectivity index (χ0v) is 53.6. The molecule has 7 rings (SSSR count). The van der Waals surface area contributed by atoms with Gasteiger partial charge in [0.2, 0.25) is 53.2 Å². The zero-order valence-electron chi connectivity index (χ0n) is 52.7. The molecule has 2 aromatic carbocycles. The number of imide groups is 1. The van der Waals surface area contributed by atoms with Crippen LogP contribution in [0.2, 0.25) is 0 Å². The van der Waals surface area contributed by atoms with Crippen LogP contribution in [0.4, 0.5) is 5.69 Å². The van der Waals surface area contributed by atoms with Crippen LogP contribution in [0.3, 0.4) is 0 Å². The number of H-pyrrole nitrogens is 1. The summed E-state index contributed by atoms with van der Waals surface area (Å²) in [5, 5.41) is 54.4. The normalized spacial score (nSPS) is 24.0. The molecule has 0 aliphatic carbocycles. The number of carbonyl (C=O) groups is 14.